The zero-order valence-corrected chi connectivity index (χ0v) is 15.6. The van der Waals surface area contributed by atoms with Crippen LogP contribution in [0.5, 0.6) is 11.5 Å². The average molecular weight is 369 g/mol. The summed E-state index contributed by atoms with van der Waals surface area (Å²) >= 11 is 0. The molecule has 7 heteroatoms. The maximum Gasteiger partial charge on any atom is 0.163 e. The molecule has 0 bridgehead atoms. The maximum absolute atomic E-state index is 14.5. The van der Waals surface area contributed by atoms with Crippen molar-refractivity contribution in [3.8, 4) is 11.5 Å². The van der Waals surface area contributed by atoms with Gasteiger partial charge in [-0.15, -0.1) is 24.8 Å². The first-order valence-corrected chi connectivity index (χ1v) is 7.57. The molecule has 1 aliphatic rings. The van der Waals surface area contributed by atoms with Gasteiger partial charge in [-0.3, -0.25) is 4.90 Å². The molecule has 1 fully saturated rings. The highest BCUT2D eigenvalue weighted by atomic mass is 35.5. The van der Waals surface area contributed by atoms with Gasteiger partial charge in [0.1, 0.15) is 5.82 Å². The fourth-order valence-corrected chi connectivity index (χ4v) is 2.93. The second-order valence-corrected chi connectivity index (χ2v) is 5.32. The fourth-order valence-electron chi connectivity index (χ4n) is 2.93. The van der Waals surface area contributed by atoms with Gasteiger partial charge in [-0.25, -0.2) is 4.39 Å². The van der Waals surface area contributed by atoms with Gasteiger partial charge < -0.3 is 14.8 Å². The van der Waals surface area contributed by atoms with Crippen LogP contribution in [0.3, 0.4) is 0 Å². The number of rotatable bonds is 6. The standard InChI is InChI=1S/C16H25FN2O2.2ClH/c1-4-5-14(19-8-6-18-7-9-19)12-10-15(20-2)16(21-3)11-13(12)17;;/h10-11,14,18H,4-9H2,1-3H3;2*1H/t14-;;/m1../s1. The van der Waals surface area contributed by atoms with Gasteiger partial charge in [0.25, 0.3) is 0 Å². The van der Waals surface area contributed by atoms with E-state index in [9.17, 15) is 4.39 Å². The van der Waals surface area contributed by atoms with Crippen LogP contribution in [0, 0.1) is 5.82 Å². The summed E-state index contributed by atoms with van der Waals surface area (Å²) in [6, 6.07) is 3.31. The molecule has 0 unspecified atom stereocenters. The molecule has 1 saturated heterocycles. The Hall–Kier alpha value is -0.750. The summed E-state index contributed by atoms with van der Waals surface area (Å²) in [5.74, 6) is 0.809. The van der Waals surface area contributed by atoms with Crippen LogP contribution in [0.1, 0.15) is 31.4 Å². The molecule has 0 saturated carbocycles. The Bertz CT molecular complexity index is 472. The highest BCUT2D eigenvalue weighted by molar-refractivity contribution is 5.85. The number of hydrogen-bond donors (Lipinski definition) is 1. The minimum absolute atomic E-state index is 0. The number of benzene rings is 1. The number of methoxy groups -OCH3 is 2. The third-order valence-electron chi connectivity index (χ3n) is 4.02. The quantitative estimate of drug-likeness (QED) is 0.833. The molecule has 0 radical (unpaired) electrons. The van der Waals surface area contributed by atoms with E-state index >= 15 is 0 Å². The van der Waals surface area contributed by atoms with Crippen molar-refractivity contribution in [2.45, 2.75) is 25.8 Å². The smallest absolute Gasteiger partial charge is 0.163 e. The number of halogens is 3. The van der Waals surface area contributed by atoms with Gasteiger partial charge in [0.15, 0.2) is 11.5 Å². The van der Waals surface area contributed by atoms with Crippen LogP contribution in [-0.2, 0) is 0 Å². The Balaban J connectivity index is 0.00000242. The van der Waals surface area contributed by atoms with Gasteiger partial charge in [0.2, 0.25) is 0 Å². The largest absolute Gasteiger partial charge is 0.493 e. The van der Waals surface area contributed by atoms with E-state index in [-0.39, 0.29) is 36.7 Å². The molecule has 1 aromatic carbocycles. The van der Waals surface area contributed by atoms with Crippen molar-refractivity contribution in [3.05, 3.63) is 23.5 Å². The molecule has 1 N–H and O–H groups in total. The van der Waals surface area contributed by atoms with Gasteiger partial charge in [0.05, 0.1) is 14.2 Å². The monoisotopic (exact) mass is 368 g/mol. The predicted molar refractivity (Wildman–Crippen MR) is 96.1 cm³/mol. The first-order valence-electron chi connectivity index (χ1n) is 7.57. The molecule has 1 heterocycles. The minimum Gasteiger partial charge on any atom is -0.493 e. The molecule has 1 aliphatic heterocycles. The summed E-state index contributed by atoms with van der Waals surface area (Å²) < 4.78 is 25.0. The van der Waals surface area contributed by atoms with Crippen LogP contribution in [-0.4, -0.2) is 45.3 Å². The summed E-state index contributed by atoms with van der Waals surface area (Å²) in [5.41, 5.74) is 0.705. The van der Waals surface area contributed by atoms with E-state index in [0.717, 1.165) is 39.0 Å². The van der Waals surface area contributed by atoms with E-state index in [2.05, 4.69) is 17.1 Å². The maximum atomic E-state index is 14.5. The second-order valence-electron chi connectivity index (χ2n) is 5.32. The lowest BCUT2D eigenvalue weighted by atomic mass is 9.98. The lowest BCUT2D eigenvalue weighted by Gasteiger charge is -2.35. The molecule has 2 rings (SSSR count). The molecular weight excluding hydrogens is 342 g/mol. The summed E-state index contributed by atoms with van der Waals surface area (Å²) in [4.78, 5) is 2.35. The molecule has 1 atom stereocenters. The number of nitrogens with one attached hydrogen (secondary N) is 1. The Labute approximate surface area is 150 Å². The lowest BCUT2D eigenvalue weighted by molar-refractivity contribution is 0.161. The van der Waals surface area contributed by atoms with Crippen LogP contribution in [0.4, 0.5) is 4.39 Å². The molecule has 134 valence electrons. The Kier molecular flexibility index (Phi) is 10.6. The highest BCUT2D eigenvalue weighted by Crippen LogP contribution is 2.36. The van der Waals surface area contributed by atoms with Crippen molar-refractivity contribution in [2.75, 3.05) is 40.4 Å². The van der Waals surface area contributed by atoms with E-state index in [1.807, 2.05) is 0 Å². The van der Waals surface area contributed by atoms with E-state index in [1.165, 1.54) is 13.2 Å². The molecule has 0 spiro atoms. The predicted octanol–water partition coefficient (Wildman–Crippen LogP) is 3.43. The van der Waals surface area contributed by atoms with Crippen molar-refractivity contribution in [2.24, 2.45) is 0 Å². The number of piperazine rings is 1. The van der Waals surface area contributed by atoms with Gasteiger partial charge in [-0.2, -0.15) is 0 Å². The normalized spacial score (nSPS) is 16.0. The molecule has 23 heavy (non-hydrogen) atoms. The van der Waals surface area contributed by atoms with Crippen molar-refractivity contribution in [1.82, 2.24) is 10.2 Å². The van der Waals surface area contributed by atoms with Crippen molar-refractivity contribution in [1.29, 1.82) is 0 Å². The second kappa shape index (κ2) is 10.9. The van der Waals surface area contributed by atoms with Crippen molar-refractivity contribution >= 4 is 24.8 Å². The van der Waals surface area contributed by atoms with Crippen LogP contribution in [0.2, 0.25) is 0 Å². The Morgan fingerprint density at radius 3 is 2.22 bits per heavy atom. The van der Waals surface area contributed by atoms with E-state index < -0.39 is 0 Å². The van der Waals surface area contributed by atoms with Gasteiger partial charge in [0, 0.05) is 43.9 Å². The average Bonchev–Trinajstić information content (AvgIpc) is 2.53. The molecule has 1 aromatic rings. The third-order valence-corrected chi connectivity index (χ3v) is 4.02. The molecule has 4 nitrogen and oxygen atoms in total. The first kappa shape index (κ1) is 22.2. The fraction of sp³-hybridized carbons (Fsp3) is 0.625. The SMILES string of the molecule is CCC[C@H](c1cc(OC)c(OC)cc1F)N1CCNCC1.Cl.Cl. The van der Waals surface area contributed by atoms with Gasteiger partial charge >= 0.3 is 0 Å². The zero-order valence-electron chi connectivity index (χ0n) is 13.9. The highest BCUT2D eigenvalue weighted by Gasteiger charge is 2.25. The topological polar surface area (TPSA) is 33.7 Å². The number of ether oxygens (including phenoxy) is 2. The molecular formula is C16H27Cl2FN2O2. The van der Waals surface area contributed by atoms with Crippen LogP contribution < -0.4 is 14.8 Å². The van der Waals surface area contributed by atoms with Gasteiger partial charge in [-0.1, -0.05) is 13.3 Å². The van der Waals surface area contributed by atoms with E-state index in [4.69, 9.17) is 9.47 Å². The van der Waals surface area contributed by atoms with E-state index in [1.54, 1.807) is 13.2 Å². The number of nitrogens with zero attached hydrogens (tertiary/aromatic N) is 1. The van der Waals surface area contributed by atoms with Crippen LogP contribution >= 0.6 is 24.8 Å². The van der Waals surface area contributed by atoms with Crippen molar-refractivity contribution in [3.63, 3.8) is 0 Å². The summed E-state index contributed by atoms with van der Waals surface area (Å²) in [6.45, 7) is 5.93. The van der Waals surface area contributed by atoms with Crippen molar-refractivity contribution < 1.29 is 13.9 Å². The number of hydrogen-bond acceptors (Lipinski definition) is 4. The Morgan fingerprint density at radius 1 is 1.13 bits per heavy atom. The molecule has 0 amide bonds. The summed E-state index contributed by atoms with van der Waals surface area (Å²) in [7, 11) is 3.11. The van der Waals surface area contributed by atoms with Gasteiger partial charge in [-0.05, 0) is 12.5 Å². The minimum atomic E-state index is -0.218. The summed E-state index contributed by atoms with van der Waals surface area (Å²) in [5, 5.41) is 3.34. The zero-order chi connectivity index (χ0) is 15.2. The van der Waals surface area contributed by atoms with Crippen LogP contribution in [0.25, 0.3) is 0 Å². The molecule has 0 aliphatic carbocycles. The lowest BCUT2D eigenvalue weighted by Crippen LogP contribution is -2.45. The third kappa shape index (κ3) is 5.38. The summed E-state index contributed by atoms with van der Waals surface area (Å²) in [6.07, 6.45) is 1.95. The van der Waals surface area contributed by atoms with E-state index in [0.29, 0.717) is 17.1 Å². The Morgan fingerprint density at radius 2 is 1.70 bits per heavy atom. The van der Waals surface area contributed by atoms with Crippen LogP contribution in [0.15, 0.2) is 12.1 Å². The first-order chi connectivity index (χ1) is 10.2. The molecule has 0 aromatic heterocycles.